The molecule has 2 rings (SSSR count). The first-order chi connectivity index (χ1) is 9.10. The van der Waals surface area contributed by atoms with E-state index in [9.17, 15) is 9.59 Å². The van der Waals surface area contributed by atoms with Gasteiger partial charge in [0, 0.05) is 28.7 Å². The zero-order chi connectivity index (χ0) is 13.8. The molecule has 0 radical (unpaired) electrons. The average Bonchev–Trinajstić information content (AvgIpc) is 2.79. The summed E-state index contributed by atoms with van der Waals surface area (Å²) in [6.07, 6.45) is 0.911. The van der Waals surface area contributed by atoms with Gasteiger partial charge < -0.3 is 5.73 Å². The molecule has 0 aliphatic carbocycles. The highest BCUT2D eigenvalue weighted by atomic mass is 32.1. The summed E-state index contributed by atoms with van der Waals surface area (Å²) in [4.78, 5) is 26.1. The molecule has 2 N–H and O–H groups in total. The van der Waals surface area contributed by atoms with Crippen molar-refractivity contribution in [1.29, 1.82) is 0 Å². The Balaban J connectivity index is 2.06. The summed E-state index contributed by atoms with van der Waals surface area (Å²) in [5.41, 5.74) is 6.20. The van der Waals surface area contributed by atoms with Crippen molar-refractivity contribution in [2.45, 2.75) is 26.3 Å². The van der Waals surface area contributed by atoms with Crippen molar-refractivity contribution in [2.75, 3.05) is 6.54 Å². The van der Waals surface area contributed by atoms with Gasteiger partial charge in [0.05, 0.1) is 13.1 Å². The monoisotopic (exact) mass is 276 g/mol. The smallest absolute Gasteiger partial charge is 0.229 e. The number of rotatable bonds is 2. The molecule has 4 nitrogen and oxygen atoms in total. The number of nitrogens with zero attached hydrogens (tertiary/aromatic N) is 1. The van der Waals surface area contributed by atoms with Gasteiger partial charge in [0.2, 0.25) is 11.8 Å². The molecule has 0 spiro atoms. The van der Waals surface area contributed by atoms with Crippen molar-refractivity contribution in [3.8, 4) is 11.8 Å². The van der Waals surface area contributed by atoms with Crippen molar-refractivity contribution in [3.05, 3.63) is 21.9 Å². The van der Waals surface area contributed by atoms with Gasteiger partial charge in [-0.05, 0) is 12.0 Å². The van der Waals surface area contributed by atoms with Crippen LogP contribution in [0.25, 0.3) is 0 Å². The number of hydrogen-bond acceptors (Lipinski definition) is 4. The largest absolute Gasteiger partial charge is 0.320 e. The van der Waals surface area contributed by atoms with Crippen LogP contribution in [0.15, 0.2) is 11.4 Å². The molecule has 0 aromatic carbocycles. The van der Waals surface area contributed by atoms with Gasteiger partial charge in [-0.25, -0.2) is 0 Å². The maximum Gasteiger partial charge on any atom is 0.229 e. The lowest BCUT2D eigenvalue weighted by Crippen LogP contribution is -2.41. The van der Waals surface area contributed by atoms with Gasteiger partial charge in [0.25, 0.3) is 0 Å². The molecule has 1 fully saturated rings. The van der Waals surface area contributed by atoms with Crippen LogP contribution >= 0.6 is 11.3 Å². The summed E-state index contributed by atoms with van der Waals surface area (Å²) < 4.78 is 0. The van der Waals surface area contributed by atoms with E-state index >= 15 is 0 Å². The summed E-state index contributed by atoms with van der Waals surface area (Å²) >= 11 is 1.51. The molecule has 5 heteroatoms. The van der Waals surface area contributed by atoms with Gasteiger partial charge in [-0.1, -0.05) is 18.8 Å². The highest BCUT2D eigenvalue weighted by Gasteiger charge is 2.30. The number of carbonyl (C=O) groups excluding carboxylic acids is 2. The maximum atomic E-state index is 11.9. The molecule has 19 heavy (non-hydrogen) atoms. The standard InChI is InChI=1S/C14H16N2O2S/c1-10-5-13(17)16(14(18)6-10)8-12-7-11(9-19-12)3-2-4-15/h7,9-10H,4-6,8,15H2,1H3. The van der Waals surface area contributed by atoms with Crippen molar-refractivity contribution < 1.29 is 9.59 Å². The predicted octanol–water partition coefficient (Wildman–Crippen LogP) is 1.34. The van der Waals surface area contributed by atoms with E-state index in [2.05, 4.69) is 11.8 Å². The molecular weight excluding hydrogens is 260 g/mol. The Morgan fingerprint density at radius 3 is 2.74 bits per heavy atom. The van der Waals surface area contributed by atoms with Crippen LogP contribution in [0.1, 0.15) is 30.2 Å². The molecule has 2 heterocycles. The minimum Gasteiger partial charge on any atom is -0.320 e. The van der Waals surface area contributed by atoms with Crippen LogP contribution in [-0.2, 0) is 16.1 Å². The fourth-order valence-corrected chi connectivity index (χ4v) is 2.85. The van der Waals surface area contributed by atoms with Crippen LogP contribution in [0, 0.1) is 17.8 Å². The van der Waals surface area contributed by atoms with Crippen LogP contribution in [0.5, 0.6) is 0 Å². The molecular formula is C14H16N2O2S. The molecule has 1 aromatic heterocycles. The second kappa shape index (κ2) is 6.00. The third-order valence-electron chi connectivity index (χ3n) is 2.95. The Labute approximate surface area is 116 Å². The summed E-state index contributed by atoms with van der Waals surface area (Å²) in [6, 6.07) is 1.91. The minimum absolute atomic E-state index is 0.0771. The van der Waals surface area contributed by atoms with Crippen LogP contribution in [0.3, 0.4) is 0 Å². The number of amides is 2. The van der Waals surface area contributed by atoms with E-state index < -0.39 is 0 Å². The molecule has 1 aliphatic heterocycles. The molecule has 100 valence electrons. The number of piperidine rings is 1. The third-order valence-corrected chi connectivity index (χ3v) is 3.87. The van der Waals surface area contributed by atoms with Gasteiger partial charge in [-0.2, -0.15) is 0 Å². The second-order valence-corrected chi connectivity index (χ2v) is 5.69. The quantitative estimate of drug-likeness (QED) is 0.655. The fraction of sp³-hybridized carbons (Fsp3) is 0.429. The lowest BCUT2D eigenvalue weighted by atomic mass is 9.98. The van der Waals surface area contributed by atoms with Crippen molar-refractivity contribution in [1.82, 2.24) is 4.90 Å². The van der Waals surface area contributed by atoms with Crippen LogP contribution in [-0.4, -0.2) is 23.3 Å². The highest BCUT2D eigenvalue weighted by molar-refractivity contribution is 7.10. The van der Waals surface area contributed by atoms with Crippen molar-refractivity contribution in [2.24, 2.45) is 11.7 Å². The van der Waals surface area contributed by atoms with Crippen molar-refractivity contribution >= 4 is 23.2 Å². The van der Waals surface area contributed by atoms with E-state index in [-0.39, 0.29) is 17.7 Å². The summed E-state index contributed by atoms with van der Waals surface area (Å²) in [5, 5.41) is 1.92. The molecule has 0 bridgehead atoms. The van der Waals surface area contributed by atoms with Gasteiger partial charge >= 0.3 is 0 Å². The zero-order valence-electron chi connectivity index (χ0n) is 10.8. The second-order valence-electron chi connectivity index (χ2n) is 4.69. The van der Waals surface area contributed by atoms with E-state index in [0.29, 0.717) is 25.9 Å². The van der Waals surface area contributed by atoms with E-state index in [1.807, 2.05) is 18.4 Å². The first-order valence-electron chi connectivity index (χ1n) is 6.19. The zero-order valence-corrected chi connectivity index (χ0v) is 11.6. The number of hydrogen-bond donors (Lipinski definition) is 1. The summed E-state index contributed by atoms with van der Waals surface area (Å²) in [6.45, 7) is 2.62. The van der Waals surface area contributed by atoms with Gasteiger partial charge in [-0.3, -0.25) is 14.5 Å². The van der Waals surface area contributed by atoms with Gasteiger partial charge in [-0.15, -0.1) is 11.3 Å². The van der Waals surface area contributed by atoms with Crippen molar-refractivity contribution in [3.63, 3.8) is 0 Å². The normalized spacial score (nSPS) is 16.4. The topological polar surface area (TPSA) is 63.4 Å². The lowest BCUT2D eigenvalue weighted by Gasteiger charge is -2.27. The summed E-state index contributed by atoms with van der Waals surface area (Å²) in [7, 11) is 0. The Morgan fingerprint density at radius 1 is 1.42 bits per heavy atom. The first kappa shape index (κ1) is 13.8. The molecule has 0 saturated carbocycles. The third kappa shape index (κ3) is 3.43. The van der Waals surface area contributed by atoms with Crippen LogP contribution < -0.4 is 5.73 Å². The fourth-order valence-electron chi connectivity index (χ4n) is 2.04. The summed E-state index contributed by atoms with van der Waals surface area (Å²) in [5.74, 6) is 5.72. The lowest BCUT2D eigenvalue weighted by molar-refractivity contribution is -0.150. The van der Waals surface area contributed by atoms with E-state index in [1.54, 1.807) is 0 Å². The SMILES string of the molecule is CC1CC(=O)N(Cc2cc(C#CCN)cs2)C(=O)C1. The Morgan fingerprint density at radius 2 is 2.11 bits per heavy atom. The highest BCUT2D eigenvalue weighted by Crippen LogP contribution is 2.23. The first-order valence-corrected chi connectivity index (χ1v) is 7.07. The molecule has 1 aliphatic rings. The van der Waals surface area contributed by atoms with Gasteiger partial charge in [0.1, 0.15) is 0 Å². The number of likely N-dealkylation sites (tertiary alicyclic amines) is 1. The average molecular weight is 276 g/mol. The van der Waals surface area contributed by atoms with Crippen LogP contribution in [0.2, 0.25) is 0 Å². The van der Waals surface area contributed by atoms with Gasteiger partial charge in [0.15, 0.2) is 0 Å². The number of carbonyl (C=O) groups is 2. The molecule has 1 aromatic rings. The molecule has 0 atom stereocenters. The maximum absolute atomic E-state index is 11.9. The number of nitrogens with two attached hydrogens (primary N) is 1. The van der Waals surface area contributed by atoms with Crippen LogP contribution in [0.4, 0.5) is 0 Å². The molecule has 2 amide bonds. The Kier molecular flexibility index (Phi) is 4.35. The van der Waals surface area contributed by atoms with E-state index in [4.69, 9.17) is 5.73 Å². The Hall–Kier alpha value is -1.64. The Bertz CT molecular complexity index is 535. The molecule has 1 saturated heterocycles. The minimum atomic E-state index is -0.0771. The number of imide groups is 1. The molecule has 0 unspecified atom stereocenters. The van der Waals surface area contributed by atoms with E-state index in [1.165, 1.54) is 16.2 Å². The number of thiophene rings is 1. The van der Waals surface area contributed by atoms with E-state index in [0.717, 1.165) is 10.4 Å². The predicted molar refractivity (Wildman–Crippen MR) is 74.2 cm³/mol.